The fraction of sp³-hybridized carbons (Fsp3) is 0.656. The molecule has 0 atom stereocenters. The molecule has 0 radical (unpaired) electrons. The molecule has 260 valence electrons. The van der Waals surface area contributed by atoms with Crippen molar-refractivity contribution in [1.29, 1.82) is 0 Å². The molecule has 1 aliphatic rings. The van der Waals surface area contributed by atoms with Crippen LogP contribution in [0.2, 0.25) is 0 Å². The number of carbonyl (C=O) groups excluding carboxylic acids is 2. The molecule has 1 saturated heterocycles. The number of rotatable bonds is 15. The number of hydrogen-bond donors (Lipinski definition) is 5. The highest BCUT2D eigenvalue weighted by Crippen LogP contribution is 2.07. The molecule has 0 unspecified atom stereocenters. The van der Waals surface area contributed by atoms with Gasteiger partial charge in [0.2, 0.25) is 5.91 Å². The van der Waals surface area contributed by atoms with Crippen LogP contribution < -0.4 is 10.6 Å². The Morgan fingerprint density at radius 1 is 0.761 bits per heavy atom. The minimum absolute atomic E-state index is 0.0841. The van der Waals surface area contributed by atoms with Gasteiger partial charge in [-0.25, -0.2) is 0 Å². The largest absolute Gasteiger partial charge is 0.483 e. The van der Waals surface area contributed by atoms with Crippen molar-refractivity contribution in [1.82, 2.24) is 30.2 Å². The van der Waals surface area contributed by atoms with Crippen molar-refractivity contribution in [3.63, 3.8) is 0 Å². The summed E-state index contributed by atoms with van der Waals surface area (Å²) in [5.74, 6) is -1.40. The number of unbranched alkanes of at least 4 members (excludes halogenated alkanes) is 1. The summed E-state index contributed by atoms with van der Waals surface area (Å²) < 4.78 is 0. The van der Waals surface area contributed by atoms with E-state index in [9.17, 15) is 29.4 Å². The van der Waals surface area contributed by atoms with Crippen LogP contribution in [0, 0.1) is 5.92 Å². The standard InChI is InChI=1S/C31H52N6O6.CH2O2/c1-4-34-13-15-35(17-18-37(24-30(41)42)20-19-36(16-14-34)23-29(39)40)22-28(38)33-21-26-8-10-27(11-9-26)31(43)32-12-6-5-7-25(2)3;2-1-3/h8-11,25H,4-7,12-24H2,1-3H3,(H,32,43)(H,33,38)(H,39,40)(H,41,42);1H,(H,2,3). The Bertz CT molecular complexity index is 1060. The van der Waals surface area contributed by atoms with Gasteiger partial charge in [-0.1, -0.05) is 45.7 Å². The van der Waals surface area contributed by atoms with E-state index < -0.39 is 11.9 Å². The molecular weight excluding hydrogens is 596 g/mol. The van der Waals surface area contributed by atoms with Gasteiger partial charge in [0.25, 0.3) is 12.4 Å². The molecule has 5 N–H and O–H groups in total. The Balaban J connectivity index is 0.00000338. The van der Waals surface area contributed by atoms with E-state index in [1.807, 2.05) is 21.9 Å². The third kappa shape index (κ3) is 19.0. The normalized spacial score (nSPS) is 15.9. The molecule has 0 bridgehead atoms. The third-order valence-electron chi connectivity index (χ3n) is 7.66. The fourth-order valence-electron chi connectivity index (χ4n) is 4.97. The second-order valence-corrected chi connectivity index (χ2v) is 11.8. The van der Waals surface area contributed by atoms with E-state index in [2.05, 4.69) is 36.3 Å². The highest BCUT2D eigenvalue weighted by molar-refractivity contribution is 5.94. The van der Waals surface area contributed by atoms with Gasteiger partial charge in [-0.15, -0.1) is 0 Å². The average Bonchev–Trinajstić information content (AvgIpc) is 2.99. The van der Waals surface area contributed by atoms with Crippen molar-refractivity contribution in [2.75, 3.05) is 85.1 Å². The average molecular weight is 651 g/mol. The number of nitrogens with zero attached hydrogens (tertiary/aromatic N) is 4. The van der Waals surface area contributed by atoms with Crippen LogP contribution in [-0.2, 0) is 25.7 Å². The number of carboxylic acid groups (broad SMARTS) is 3. The number of likely N-dealkylation sites (N-methyl/N-ethyl adjacent to an activating group) is 1. The first-order valence-electron chi connectivity index (χ1n) is 16.0. The number of carbonyl (C=O) groups is 5. The third-order valence-corrected chi connectivity index (χ3v) is 7.66. The van der Waals surface area contributed by atoms with E-state index in [0.29, 0.717) is 76.9 Å². The summed E-state index contributed by atoms with van der Waals surface area (Å²) in [5, 5.41) is 31.5. The number of carboxylic acids is 2. The summed E-state index contributed by atoms with van der Waals surface area (Å²) in [6.07, 6.45) is 3.22. The predicted octanol–water partition coefficient (Wildman–Crippen LogP) is 0.970. The zero-order valence-electron chi connectivity index (χ0n) is 27.7. The zero-order chi connectivity index (χ0) is 34.3. The first kappa shape index (κ1) is 40.4. The fourth-order valence-corrected chi connectivity index (χ4v) is 4.97. The van der Waals surface area contributed by atoms with Gasteiger partial charge in [-0.3, -0.25) is 38.7 Å². The summed E-state index contributed by atoms with van der Waals surface area (Å²) in [4.78, 5) is 64.4. The molecule has 1 aromatic rings. The van der Waals surface area contributed by atoms with Gasteiger partial charge in [0.1, 0.15) is 0 Å². The minimum atomic E-state index is -0.941. The van der Waals surface area contributed by atoms with Gasteiger partial charge in [-0.05, 0) is 36.6 Å². The van der Waals surface area contributed by atoms with Crippen LogP contribution in [0.3, 0.4) is 0 Å². The zero-order valence-corrected chi connectivity index (χ0v) is 27.7. The van der Waals surface area contributed by atoms with Crippen LogP contribution in [0.15, 0.2) is 24.3 Å². The SMILES string of the molecule is CCN1CCN(CC(=O)O)CCN(CC(=O)O)CCN(CC(=O)NCc2ccc(C(=O)NCCCCC(C)C)cc2)CC1.O=CO. The van der Waals surface area contributed by atoms with Crippen LogP contribution >= 0.6 is 0 Å². The van der Waals surface area contributed by atoms with E-state index in [1.54, 1.807) is 17.0 Å². The molecule has 0 spiro atoms. The van der Waals surface area contributed by atoms with Crippen LogP contribution in [0.1, 0.15) is 56.0 Å². The first-order valence-corrected chi connectivity index (χ1v) is 16.0. The maximum absolute atomic E-state index is 12.9. The summed E-state index contributed by atoms with van der Waals surface area (Å²) in [7, 11) is 0. The molecule has 0 aliphatic carbocycles. The summed E-state index contributed by atoms with van der Waals surface area (Å²) in [6.45, 7) is 12.4. The maximum atomic E-state index is 12.9. The Hall–Kier alpha value is -3.59. The van der Waals surface area contributed by atoms with Gasteiger partial charge >= 0.3 is 11.9 Å². The number of benzene rings is 1. The topological polar surface area (TPSA) is 183 Å². The van der Waals surface area contributed by atoms with Gasteiger partial charge in [0, 0.05) is 71.0 Å². The van der Waals surface area contributed by atoms with Crippen molar-refractivity contribution < 1.29 is 39.3 Å². The highest BCUT2D eigenvalue weighted by atomic mass is 16.4. The van der Waals surface area contributed by atoms with E-state index in [0.717, 1.165) is 31.4 Å². The monoisotopic (exact) mass is 650 g/mol. The smallest absolute Gasteiger partial charge is 0.317 e. The van der Waals surface area contributed by atoms with Gasteiger partial charge in [-0.2, -0.15) is 0 Å². The second-order valence-electron chi connectivity index (χ2n) is 11.8. The van der Waals surface area contributed by atoms with Crippen LogP contribution in [-0.4, -0.2) is 150 Å². The molecular formula is C32H54N6O8. The van der Waals surface area contributed by atoms with Crippen molar-refractivity contribution in [2.45, 2.75) is 46.6 Å². The Kier molecular flexibility index (Phi) is 20.8. The molecule has 0 saturated carbocycles. The molecule has 1 aromatic carbocycles. The van der Waals surface area contributed by atoms with Gasteiger partial charge in [0.05, 0.1) is 19.6 Å². The second kappa shape index (κ2) is 23.7. The van der Waals surface area contributed by atoms with Crippen LogP contribution in [0.5, 0.6) is 0 Å². The molecule has 1 heterocycles. The molecule has 1 aliphatic heterocycles. The van der Waals surface area contributed by atoms with Crippen molar-refractivity contribution >= 4 is 30.2 Å². The van der Waals surface area contributed by atoms with E-state index >= 15 is 0 Å². The maximum Gasteiger partial charge on any atom is 0.317 e. The lowest BCUT2D eigenvalue weighted by atomic mass is 10.1. The van der Waals surface area contributed by atoms with E-state index in [4.69, 9.17) is 9.90 Å². The van der Waals surface area contributed by atoms with Crippen molar-refractivity contribution in [3.05, 3.63) is 35.4 Å². The molecule has 46 heavy (non-hydrogen) atoms. The van der Waals surface area contributed by atoms with Crippen LogP contribution in [0.4, 0.5) is 0 Å². The minimum Gasteiger partial charge on any atom is -0.483 e. The van der Waals surface area contributed by atoms with E-state index in [-0.39, 0.29) is 37.9 Å². The Morgan fingerprint density at radius 2 is 1.22 bits per heavy atom. The molecule has 1 fully saturated rings. The summed E-state index contributed by atoms with van der Waals surface area (Å²) in [5.41, 5.74) is 1.49. The lowest BCUT2D eigenvalue weighted by molar-refractivity contribution is -0.140. The molecule has 14 heteroatoms. The van der Waals surface area contributed by atoms with E-state index in [1.165, 1.54) is 0 Å². The van der Waals surface area contributed by atoms with Gasteiger partial charge in [0.15, 0.2) is 0 Å². The molecule has 2 amide bonds. The lowest BCUT2D eigenvalue weighted by Crippen LogP contribution is -2.49. The van der Waals surface area contributed by atoms with Gasteiger partial charge < -0.3 is 30.9 Å². The quantitative estimate of drug-likeness (QED) is 0.134. The lowest BCUT2D eigenvalue weighted by Gasteiger charge is -2.33. The number of hydrogen-bond acceptors (Lipinski definition) is 9. The number of nitrogens with one attached hydrogen (secondary N) is 2. The first-order chi connectivity index (χ1) is 22.0. The van der Waals surface area contributed by atoms with Crippen molar-refractivity contribution in [2.24, 2.45) is 5.92 Å². The molecule has 0 aromatic heterocycles. The predicted molar refractivity (Wildman–Crippen MR) is 175 cm³/mol. The Morgan fingerprint density at radius 3 is 1.65 bits per heavy atom. The number of aliphatic carboxylic acids is 2. The summed E-state index contributed by atoms with van der Waals surface area (Å²) in [6, 6.07) is 7.24. The highest BCUT2D eigenvalue weighted by Gasteiger charge is 2.20. The summed E-state index contributed by atoms with van der Waals surface area (Å²) >= 11 is 0. The number of amides is 2. The Labute approximate surface area is 272 Å². The van der Waals surface area contributed by atoms with Crippen molar-refractivity contribution in [3.8, 4) is 0 Å². The molecule has 2 rings (SSSR count). The van der Waals surface area contributed by atoms with Crippen LogP contribution in [0.25, 0.3) is 0 Å². The molecule has 14 nitrogen and oxygen atoms in total.